The lowest BCUT2D eigenvalue weighted by atomic mass is 10.1. The lowest BCUT2D eigenvalue weighted by molar-refractivity contribution is -0.141. The molecule has 40 heavy (non-hydrogen) atoms. The Kier molecular flexibility index (Phi) is 7.07. The van der Waals surface area contributed by atoms with Crippen molar-refractivity contribution in [3.05, 3.63) is 77.9 Å². The molecule has 1 aromatic heterocycles. The Bertz CT molecular complexity index is 1330. The molecule has 0 spiro atoms. The van der Waals surface area contributed by atoms with Crippen LogP contribution in [0.4, 0.5) is 10.6 Å². The molecule has 11 heteroatoms. The summed E-state index contributed by atoms with van der Waals surface area (Å²) in [7, 11) is 0. The molecular formula is C29H34N6O5. The van der Waals surface area contributed by atoms with Crippen LogP contribution in [0.15, 0.2) is 72.3 Å². The van der Waals surface area contributed by atoms with Crippen molar-refractivity contribution in [3.63, 3.8) is 0 Å². The molecule has 11 nitrogen and oxygen atoms in total. The predicted molar refractivity (Wildman–Crippen MR) is 147 cm³/mol. The molecule has 0 aliphatic carbocycles. The van der Waals surface area contributed by atoms with Crippen LogP contribution in [0.3, 0.4) is 0 Å². The summed E-state index contributed by atoms with van der Waals surface area (Å²) >= 11 is 0. The maximum absolute atomic E-state index is 13.6. The molecule has 5 heterocycles. The number of pyridine rings is 1. The number of fused-ring (bicyclic) bond motifs is 3. The molecule has 6 rings (SSSR count). The van der Waals surface area contributed by atoms with Crippen LogP contribution in [-0.2, 0) is 20.8 Å². The number of dihydropyridines is 1. The largest absolute Gasteiger partial charge is 0.491 e. The van der Waals surface area contributed by atoms with Gasteiger partial charge in [-0.25, -0.2) is 9.78 Å². The summed E-state index contributed by atoms with van der Waals surface area (Å²) < 4.78 is 17.3. The van der Waals surface area contributed by atoms with Gasteiger partial charge in [0.05, 0.1) is 18.3 Å². The Morgan fingerprint density at radius 3 is 2.88 bits per heavy atom. The van der Waals surface area contributed by atoms with Gasteiger partial charge >= 0.3 is 6.03 Å². The monoisotopic (exact) mass is 546 g/mol. The van der Waals surface area contributed by atoms with Gasteiger partial charge in [0.1, 0.15) is 36.1 Å². The summed E-state index contributed by atoms with van der Waals surface area (Å²) in [5.41, 5.74) is 1.92. The minimum Gasteiger partial charge on any atom is -0.491 e. The van der Waals surface area contributed by atoms with E-state index in [1.807, 2.05) is 56.3 Å². The highest BCUT2D eigenvalue weighted by Crippen LogP contribution is 2.33. The number of hydrogen-bond donors (Lipinski definition) is 3. The number of carbonyl (C=O) groups is 2. The summed E-state index contributed by atoms with van der Waals surface area (Å²) in [6.07, 6.45) is 6.03. The summed E-state index contributed by atoms with van der Waals surface area (Å²) in [4.78, 5) is 34.9. The number of amides is 3. The number of anilines is 1. The van der Waals surface area contributed by atoms with Crippen molar-refractivity contribution >= 4 is 17.8 Å². The SMILES string of the molecule is CC1(C)OC[C@H](COc2ccnc(NC(=O)N3C4=C(C=CC(C(=O)NCc5ccccc5)N4)N4CC[C@H]3C4)c2)O1. The van der Waals surface area contributed by atoms with Gasteiger partial charge in [-0.2, -0.15) is 0 Å². The molecule has 3 N–H and O–H groups in total. The summed E-state index contributed by atoms with van der Waals surface area (Å²) in [5.74, 6) is 0.789. The van der Waals surface area contributed by atoms with Gasteiger partial charge in [0.15, 0.2) is 5.79 Å². The molecule has 2 bridgehead atoms. The third-order valence-corrected chi connectivity index (χ3v) is 7.37. The molecule has 4 aliphatic heterocycles. The Morgan fingerprint density at radius 1 is 1.23 bits per heavy atom. The quantitative estimate of drug-likeness (QED) is 0.485. The summed E-state index contributed by atoms with van der Waals surface area (Å²) in [6, 6.07) is 12.2. The van der Waals surface area contributed by atoms with E-state index in [0.29, 0.717) is 37.1 Å². The van der Waals surface area contributed by atoms with Crippen LogP contribution in [0.25, 0.3) is 0 Å². The minimum atomic E-state index is -0.618. The maximum Gasteiger partial charge on any atom is 0.328 e. The van der Waals surface area contributed by atoms with Crippen LogP contribution in [-0.4, -0.2) is 77.0 Å². The fraction of sp³-hybridized carbons (Fsp3) is 0.414. The normalized spacial score (nSPS) is 24.4. The van der Waals surface area contributed by atoms with Gasteiger partial charge < -0.3 is 29.7 Å². The Balaban J connectivity index is 1.11. The third kappa shape index (κ3) is 5.61. The first-order chi connectivity index (χ1) is 19.3. The Labute approximate surface area is 233 Å². The van der Waals surface area contributed by atoms with E-state index < -0.39 is 11.8 Å². The fourth-order valence-electron chi connectivity index (χ4n) is 5.43. The Morgan fingerprint density at radius 2 is 2.08 bits per heavy atom. The number of urea groups is 1. The van der Waals surface area contributed by atoms with E-state index in [2.05, 4.69) is 25.8 Å². The number of ether oxygens (including phenoxy) is 3. The average Bonchev–Trinajstić information content (AvgIpc) is 3.54. The van der Waals surface area contributed by atoms with Gasteiger partial charge in [0.25, 0.3) is 0 Å². The molecule has 2 aromatic rings. The molecule has 210 valence electrons. The number of allylic oxidation sites excluding steroid dienone is 1. The highest BCUT2D eigenvalue weighted by Gasteiger charge is 2.42. The van der Waals surface area contributed by atoms with Gasteiger partial charge in [-0.15, -0.1) is 0 Å². The number of hydrogen-bond acceptors (Lipinski definition) is 8. The highest BCUT2D eigenvalue weighted by molar-refractivity contribution is 5.91. The van der Waals surface area contributed by atoms with Crippen LogP contribution in [0.5, 0.6) is 5.75 Å². The lowest BCUT2D eigenvalue weighted by Gasteiger charge is -2.40. The zero-order valence-corrected chi connectivity index (χ0v) is 22.6. The molecule has 2 saturated heterocycles. The minimum absolute atomic E-state index is 0.0203. The van der Waals surface area contributed by atoms with E-state index in [4.69, 9.17) is 14.2 Å². The van der Waals surface area contributed by atoms with E-state index in [1.54, 1.807) is 23.2 Å². The number of aromatic nitrogens is 1. The van der Waals surface area contributed by atoms with Gasteiger partial charge in [-0.1, -0.05) is 36.4 Å². The Hall–Kier alpha value is -4.09. The van der Waals surface area contributed by atoms with Gasteiger partial charge in [0.2, 0.25) is 5.91 Å². The fourth-order valence-corrected chi connectivity index (χ4v) is 5.43. The van der Waals surface area contributed by atoms with Crippen LogP contribution in [0.2, 0.25) is 0 Å². The van der Waals surface area contributed by atoms with Gasteiger partial charge in [0, 0.05) is 31.9 Å². The van der Waals surface area contributed by atoms with E-state index in [9.17, 15) is 9.59 Å². The topological polar surface area (TPSA) is 117 Å². The number of rotatable bonds is 7. The summed E-state index contributed by atoms with van der Waals surface area (Å²) in [5, 5.41) is 9.21. The first kappa shape index (κ1) is 26.1. The van der Waals surface area contributed by atoms with Crippen LogP contribution in [0, 0.1) is 0 Å². The maximum atomic E-state index is 13.6. The second-order valence-electron chi connectivity index (χ2n) is 10.7. The first-order valence-electron chi connectivity index (χ1n) is 13.6. The second-order valence-corrected chi connectivity index (χ2v) is 10.7. The number of nitrogens with one attached hydrogen (secondary N) is 3. The van der Waals surface area contributed by atoms with Crippen molar-refractivity contribution in [2.45, 2.75) is 50.8 Å². The van der Waals surface area contributed by atoms with E-state index in [1.165, 1.54) is 0 Å². The first-order valence-corrected chi connectivity index (χ1v) is 13.6. The average molecular weight is 547 g/mol. The molecule has 4 aliphatic rings. The van der Waals surface area contributed by atoms with Gasteiger partial charge in [-0.3, -0.25) is 15.0 Å². The zero-order valence-electron chi connectivity index (χ0n) is 22.6. The molecule has 2 fully saturated rings. The van der Waals surface area contributed by atoms with Crippen molar-refractivity contribution < 1.29 is 23.8 Å². The van der Waals surface area contributed by atoms with E-state index in [0.717, 1.165) is 30.8 Å². The molecule has 0 radical (unpaired) electrons. The van der Waals surface area contributed by atoms with Crippen LogP contribution >= 0.6 is 0 Å². The third-order valence-electron chi connectivity index (χ3n) is 7.37. The molecule has 1 aromatic carbocycles. The van der Waals surface area contributed by atoms with Crippen LogP contribution < -0.4 is 20.7 Å². The second kappa shape index (κ2) is 10.8. The van der Waals surface area contributed by atoms with Crippen molar-refractivity contribution in [1.29, 1.82) is 0 Å². The van der Waals surface area contributed by atoms with Crippen LogP contribution in [0.1, 0.15) is 25.8 Å². The molecule has 3 amide bonds. The van der Waals surface area contributed by atoms with Crippen molar-refractivity contribution in [3.8, 4) is 5.75 Å². The highest BCUT2D eigenvalue weighted by atomic mass is 16.7. The predicted octanol–water partition coefficient (Wildman–Crippen LogP) is 2.55. The number of carbonyl (C=O) groups excluding carboxylic acids is 2. The smallest absolute Gasteiger partial charge is 0.328 e. The lowest BCUT2D eigenvalue weighted by Crippen LogP contribution is -2.55. The standard InChI is InChI=1S/C29H34N6O5/c1-29(2)39-18-22(40-29)17-38-21-10-12-30-25(14-21)33-28(37)35-20-11-13-34(16-20)24-9-8-23(32-26(24)35)27(36)31-15-19-6-4-3-5-7-19/h3-10,12,14,20,22-23,32H,11,13,15-18H2,1-2H3,(H,31,36)(H,30,33,37)/t20-,22-,23?/m0/s1. The summed E-state index contributed by atoms with van der Waals surface area (Å²) in [6.45, 7) is 6.53. The van der Waals surface area contributed by atoms with E-state index in [-0.39, 0.29) is 24.1 Å². The molecule has 3 atom stereocenters. The van der Waals surface area contributed by atoms with Gasteiger partial charge in [-0.05, 0) is 38.0 Å². The molecule has 0 saturated carbocycles. The van der Waals surface area contributed by atoms with E-state index >= 15 is 0 Å². The van der Waals surface area contributed by atoms with Crippen molar-refractivity contribution in [2.24, 2.45) is 0 Å². The van der Waals surface area contributed by atoms with Crippen molar-refractivity contribution in [2.75, 3.05) is 31.6 Å². The molecule has 1 unspecified atom stereocenters. The zero-order chi connectivity index (χ0) is 27.7. The van der Waals surface area contributed by atoms with Crippen molar-refractivity contribution in [1.82, 2.24) is 25.4 Å². The molecular weight excluding hydrogens is 512 g/mol. The number of nitrogens with zero attached hydrogens (tertiary/aromatic N) is 3. The number of benzene rings is 1.